The molecular weight excluding hydrogens is 501 g/mol. The number of alkyl halides is 3. The Labute approximate surface area is 204 Å². The molecule has 0 aliphatic rings. The number of pyridine rings is 2. The van der Waals surface area contributed by atoms with Crippen molar-refractivity contribution in [3.05, 3.63) is 87.4 Å². The minimum atomic E-state index is -4.95. The van der Waals surface area contributed by atoms with Crippen LogP contribution in [0.15, 0.2) is 59.9 Å². The van der Waals surface area contributed by atoms with Gasteiger partial charge in [0.05, 0.1) is 46.2 Å². The average Bonchev–Trinajstić information content (AvgIpc) is 3.46. The highest BCUT2D eigenvalue weighted by Gasteiger charge is 2.41. The quantitative estimate of drug-likeness (QED) is 0.375. The van der Waals surface area contributed by atoms with Crippen molar-refractivity contribution in [1.82, 2.24) is 34.7 Å². The first kappa shape index (κ1) is 23.2. The first-order valence-corrected chi connectivity index (χ1v) is 10.6. The van der Waals surface area contributed by atoms with Gasteiger partial charge in [-0.1, -0.05) is 22.9 Å². The van der Waals surface area contributed by atoms with Gasteiger partial charge in [-0.05, 0) is 31.2 Å². The zero-order valence-corrected chi connectivity index (χ0v) is 19.0. The molecule has 0 radical (unpaired) electrons. The van der Waals surface area contributed by atoms with Gasteiger partial charge < -0.3 is 10.3 Å². The second-order valence-electron chi connectivity index (χ2n) is 7.65. The largest absolute Gasteiger partial charge is 0.434 e. The third kappa shape index (κ3) is 4.09. The van der Waals surface area contributed by atoms with E-state index in [2.05, 4.69) is 30.7 Å². The van der Waals surface area contributed by atoms with Gasteiger partial charge in [-0.25, -0.2) is 14.3 Å². The van der Waals surface area contributed by atoms with Crippen molar-refractivity contribution in [1.29, 1.82) is 0 Å². The molecule has 1 amide bonds. The summed E-state index contributed by atoms with van der Waals surface area (Å²) in [6.07, 6.45) is -0.00898. The van der Waals surface area contributed by atoms with Crippen LogP contribution in [0.25, 0.3) is 22.3 Å². The number of aromatic nitrogens is 7. The van der Waals surface area contributed by atoms with Crippen molar-refractivity contribution in [3.63, 3.8) is 0 Å². The maximum absolute atomic E-state index is 14.2. The summed E-state index contributed by atoms with van der Waals surface area (Å²) in [4.78, 5) is 31.6. The van der Waals surface area contributed by atoms with Crippen LogP contribution in [0.3, 0.4) is 0 Å². The molecule has 0 bridgehead atoms. The second kappa shape index (κ2) is 8.61. The molecule has 36 heavy (non-hydrogen) atoms. The molecule has 182 valence electrons. The molecular formula is C22H14ClF3N8O2. The molecule has 0 saturated carbocycles. The van der Waals surface area contributed by atoms with Crippen LogP contribution in [0.5, 0.6) is 0 Å². The van der Waals surface area contributed by atoms with E-state index in [9.17, 15) is 22.8 Å². The Kier molecular flexibility index (Phi) is 5.55. The predicted molar refractivity (Wildman–Crippen MR) is 124 cm³/mol. The van der Waals surface area contributed by atoms with Gasteiger partial charge in [-0.15, -0.1) is 5.10 Å². The van der Waals surface area contributed by atoms with Crippen LogP contribution in [0, 0.1) is 6.92 Å². The summed E-state index contributed by atoms with van der Waals surface area (Å²) in [6.45, 7) is 1.72. The van der Waals surface area contributed by atoms with Gasteiger partial charge in [0.2, 0.25) is 0 Å². The molecule has 4 heterocycles. The molecule has 0 aliphatic carbocycles. The molecule has 5 rings (SSSR count). The summed E-state index contributed by atoms with van der Waals surface area (Å²) < 4.78 is 44.4. The Hall–Kier alpha value is -4.52. The third-order valence-corrected chi connectivity index (χ3v) is 5.49. The molecule has 4 aromatic heterocycles. The number of H-pyrrole nitrogens is 1. The number of benzene rings is 1. The number of nitrogens with one attached hydrogen (secondary N) is 2. The van der Waals surface area contributed by atoms with Gasteiger partial charge in [-0.3, -0.25) is 9.59 Å². The van der Waals surface area contributed by atoms with Crippen LogP contribution < -0.4 is 10.9 Å². The number of aryl methyl sites for hydroxylation is 1. The Bertz CT molecular complexity index is 1690. The molecule has 5 aromatic rings. The van der Waals surface area contributed by atoms with Crippen molar-refractivity contribution in [2.75, 3.05) is 5.32 Å². The monoisotopic (exact) mass is 514 g/mol. The predicted octanol–water partition coefficient (Wildman–Crippen LogP) is 3.92. The number of carbonyl (C=O) groups is 1. The number of carbonyl (C=O) groups excluding carboxylic acids is 1. The normalized spacial score (nSPS) is 11.7. The van der Waals surface area contributed by atoms with Crippen LogP contribution >= 0.6 is 11.6 Å². The highest BCUT2D eigenvalue weighted by molar-refractivity contribution is 6.32. The smallest absolute Gasteiger partial charge is 0.329 e. The molecule has 0 atom stereocenters. The Balaban J connectivity index is 1.53. The number of anilines is 1. The highest BCUT2D eigenvalue weighted by atomic mass is 35.5. The maximum atomic E-state index is 14.2. The van der Waals surface area contributed by atoms with Crippen molar-refractivity contribution < 1.29 is 18.0 Å². The highest BCUT2D eigenvalue weighted by Crippen LogP contribution is 2.35. The molecule has 0 saturated heterocycles. The van der Waals surface area contributed by atoms with Crippen molar-refractivity contribution in [2.45, 2.75) is 13.1 Å². The summed E-state index contributed by atoms with van der Waals surface area (Å²) in [5, 5.41) is 14.4. The SMILES string of the molecule is Cc1cn(-c2ncc(NC(=O)c3cnn(-c4cccc5c(=O)[nH]ccc45)c3C(F)(F)F)cc2Cl)nn1. The molecule has 10 nitrogen and oxygen atoms in total. The van der Waals surface area contributed by atoms with Crippen LogP contribution in [-0.2, 0) is 6.18 Å². The number of amides is 1. The van der Waals surface area contributed by atoms with Crippen LogP contribution in [0.4, 0.5) is 18.9 Å². The average molecular weight is 515 g/mol. The molecule has 0 spiro atoms. The number of nitrogens with zero attached hydrogens (tertiary/aromatic N) is 6. The van der Waals surface area contributed by atoms with Crippen molar-refractivity contribution >= 4 is 34.0 Å². The fraction of sp³-hybridized carbons (Fsp3) is 0.0909. The number of aromatic amines is 1. The lowest BCUT2D eigenvalue weighted by Crippen LogP contribution is -2.21. The summed E-state index contributed by atoms with van der Waals surface area (Å²) in [5.41, 5.74) is -1.83. The van der Waals surface area contributed by atoms with Crippen molar-refractivity contribution in [3.8, 4) is 11.5 Å². The zero-order valence-electron chi connectivity index (χ0n) is 18.2. The van der Waals surface area contributed by atoms with E-state index in [1.54, 1.807) is 13.1 Å². The van der Waals surface area contributed by atoms with Gasteiger partial charge >= 0.3 is 6.18 Å². The van der Waals surface area contributed by atoms with Crippen molar-refractivity contribution in [2.24, 2.45) is 0 Å². The standard InChI is InChI=1S/C22H14ClF3N8O2/c1-11-10-33(32-31-11)19-16(23)7-12(8-28-19)30-21(36)15-9-29-34(18(15)22(24,25)26)17-4-2-3-14-13(17)5-6-27-20(14)35/h2-10H,1H3,(H,27,35)(H,30,36). The summed E-state index contributed by atoms with van der Waals surface area (Å²) in [5.74, 6) is -0.848. The van der Waals surface area contributed by atoms with E-state index in [1.165, 1.54) is 47.4 Å². The van der Waals surface area contributed by atoms with E-state index >= 15 is 0 Å². The lowest BCUT2D eigenvalue weighted by atomic mass is 10.1. The number of fused-ring (bicyclic) bond motifs is 1. The summed E-state index contributed by atoms with van der Waals surface area (Å²) in [7, 11) is 0. The van der Waals surface area contributed by atoms with Crippen LogP contribution in [0.2, 0.25) is 5.02 Å². The van der Waals surface area contributed by atoms with E-state index in [4.69, 9.17) is 11.6 Å². The summed E-state index contributed by atoms with van der Waals surface area (Å²) >= 11 is 6.23. The van der Waals surface area contributed by atoms with E-state index in [1.807, 2.05) is 0 Å². The first-order valence-electron chi connectivity index (χ1n) is 10.3. The number of hydrogen-bond acceptors (Lipinski definition) is 6. The third-order valence-electron chi connectivity index (χ3n) is 5.21. The Morgan fingerprint density at radius 3 is 2.67 bits per heavy atom. The summed E-state index contributed by atoms with van der Waals surface area (Å²) in [6, 6.07) is 7.07. The molecule has 14 heteroatoms. The van der Waals surface area contributed by atoms with Gasteiger partial charge in [0, 0.05) is 17.0 Å². The minimum Gasteiger partial charge on any atom is -0.329 e. The van der Waals surface area contributed by atoms with E-state index in [0.29, 0.717) is 10.4 Å². The lowest BCUT2D eigenvalue weighted by molar-refractivity contribution is -0.143. The first-order chi connectivity index (χ1) is 17.1. The fourth-order valence-electron chi connectivity index (χ4n) is 3.68. The lowest BCUT2D eigenvalue weighted by Gasteiger charge is -2.14. The van der Waals surface area contributed by atoms with Gasteiger partial charge in [0.25, 0.3) is 11.5 Å². The van der Waals surface area contributed by atoms with Crippen LogP contribution in [-0.4, -0.2) is 40.6 Å². The van der Waals surface area contributed by atoms with Gasteiger partial charge in [0.15, 0.2) is 11.5 Å². The van der Waals surface area contributed by atoms with E-state index < -0.39 is 28.9 Å². The molecule has 0 fully saturated rings. The van der Waals surface area contributed by atoms with Gasteiger partial charge in [-0.2, -0.15) is 18.3 Å². The second-order valence-corrected chi connectivity index (χ2v) is 8.06. The van der Waals surface area contributed by atoms with Gasteiger partial charge in [0.1, 0.15) is 0 Å². The molecule has 0 unspecified atom stereocenters. The van der Waals surface area contributed by atoms with Crippen LogP contribution in [0.1, 0.15) is 21.7 Å². The maximum Gasteiger partial charge on any atom is 0.434 e. The fourth-order valence-corrected chi connectivity index (χ4v) is 3.93. The van der Waals surface area contributed by atoms with E-state index in [0.717, 1.165) is 6.20 Å². The molecule has 2 N–H and O–H groups in total. The minimum absolute atomic E-state index is 0.0119. The zero-order chi connectivity index (χ0) is 25.6. The Morgan fingerprint density at radius 2 is 1.97 bits per heavy atom. The topological polar surface area (TPSA) is 123 Å². The number of halogens is 4. The number of rotatable bonds is 4. The Morgan fingerprint density at radius 1 is 1.17 bits per heavy atom. The molecule has 1 aromatic carbocycles. The van der Waals surface area contributed by atoms with E-state index in [-0.39, 0.29) is 33.0 Å². The number of hydrogen-bond donors (Lipinski definition) is 2. The molecule has 0 aliphatic heterocycles.